The van der Waals surface area contributed by atoms with Crippen LogP contribution in [0.15, 0.2) is 36.0 Å². The van der Waals surface area contributed by atoms with E-state index in [0.29, 0.717) is 47.7 Å². The van der Waals surface area contributed by atoms with E-state index >= 15 is 0 Å². The van der Waals surface area contributed by atoms with Gasteiger partial charge in [-0.2, -0.15) is 0 Å². The normalized spacial score (nSPS) is 34.9. The van der Waals surface area contributed by atoms with Gasteiger partial charge < -0.3 is 4.74 Å². The summed E-state index contributed by atoms with van der Waals surface area (Å²) >= 11 is 0. The molecule has 4 aliphatic rings. The fourth-order valence-corrected chi connectivity index (χ4v) is 9.58. The van der Waals surface area contributed by atoms with Gasteiger partial charge in [-0.05, 0) is 112 Å². The largest absolute Gasteiger partial charge is 0.462 e. The van der Waals surface area contributed by atoms with Crippen molar-refractivity contribution in [3.63, 3.8) is 0 Å². The van der Waals surface area contributed by atoms with Crippen molar-refractivity contribution in [2.24, 2.45) is 40.9 Å². The molecule has 8 atom stereocenters. The fraction of sp³-hybridized carbons (Fsp3) is 0.789. The Labute approximate surface area is 252 Å². The highest BCUT2D eigenvalue weighted by molar-refractivity contribution is 5.91. The molecule has 0 aromatic carbocycles. The molecule has 0 aromatic heterocycles. The molecule has 0 bridgehead atoms. The molecule has 0 amide bonds. The molecule has 0 saturated heterocycles. The van der Waals surface area contributed by atoms with Gasteiger partial charge in [-0.25, -0.2) is 0 Å². The van der Waals surface area contributed by atoms with Crippen molar-refractivity contribution in [3.05, 3.63) is 36.0 Å². The minimum atomic E-state index is 0.0324. The molecule has 41 heavy (non-hydrogen) atoms. The third kappa shape index (κ3) is 8.26. The lowest BCUT2D eigenvalue weighted by molar-refractivity contribution is -0.162. The van der Waals surface area contributed by atoms with Gasteiger partial charge in [0.2, 0.25) is 0 Å². The first-order chi connectivity index (χ1) is 19.8. The predicted molar refractivity (Wildman–Crippen MR) is 170 cm³/mol. The standard InChI is InChI=1S/C38H60O3/c1-5-6-7-8-9-10-11-12-13-14-15-16-17-18-19-20-35(40)41-34-24-23-33-37-28(2)25-30-26-31(39)21-22-32(30)36(37)29(3)27-38(33,34)4/h9-10,12-13,26,28-29,32-34,36-37H,5-8,11,14-25,27H2,1-4H3/b10-9-,13-12-/t28-,29-,32?,33?,34-,36?,37?,38-/m0/s1. The molecule has 0 aromatic rings. The summed E-state index contributed by atoms with van der Waals surface area (Å²) in [6.45, 7) is 9.57. The summed E-state index contributed by atoms with van der Waals surface area (Å²) < 4.78 is 6.28. The maximum absolute atomic E-state index is 12.9. The SMILES string of the molecule is CCCCC/C=C\C/C=C\CCCCCCCC(=O)O[C@H]1CCC2C3C(C4CCC(=O)C=C4C[C@@H]3C)[C@@H](C)C[C@@]21C. The Balaban J connectivity index is 1.13. The number of allylic oxidation sites excluding steroid dienone is 5. The molecule has 3 saturated carbocycles. The Bertz CT molecular complexity index is 943. The van der Waals surface area contributed by atoms with Crippen LogP contribution in [0.3, 0.4) is 0 Å². The number of fused-ring (bicyclic) bond motifs is 5. The number of ketones is 1. The quantitative estimate of drug-likeness (QED) is 0.113. The van der Waals surface area contributed by atoms with E-state index in [1.807, 2.05) is 6.08 Å². The molecule has 0 N–H and O–H groups in total. The van der Waals surface area contributed by atoms with Gasteiger partial charge in [-0.1, -0.05) is 89.7 Å². The number of rotatable bonds is 15. The minimum absolute atomic E-state index is 0.0324. The molecule has 4 aliphatic carbocycles. The van der Waals surface area contributed by atoms with Gasteiger partial charge in [-0.15, -0.1) is 0 Å². The van der Waals surface area contributed by atoms with Gasteiger partial charge in [0.05, 0.1) is 0 Å². The van der Waals surface area contributed by atoms with E-state index < -0.39 is 0 Å². The highest BCUT2D eigenvalue weighted by atomic mass is 16.5. The molecule has 0 radical (unpaired) electrons. The van der Waals surface area contributed by atoms with E-state index in [0.717, 1.165) is 51.4 Å². The van der Waals surface area contributed by atoms with E-state index in [9.17, 15) is 9.59 Å². The van der Waals surface area contributed by atoms with Crippen LogP contribution < -0.4 is 0 Å². The lowest BCUT2D eigenvalue weighted by Crippen LogP contribution is -2.54. The van der Waals surface area contributed by atoms with Gasteiger partial charge in [-0.3, -0.25) is 9.59 Å². The van der Waals surface area contributed by atoms with Crippen LogP contribution in [0.4, 0.5) is 0 Å². The summed E-state index contributed by atoms with van der Waals surface area (Å²) in [6.07, 6.45) is 31.4. The van der Waals surface area contributed by atoms with E-state index in [4.69, 9.17) is 4.74 Å². The van der Waals surface area contributed by atoms with Gasteiger partial charge in [0, 0.05) is 18.3 Å². The molecular formula is C38H60O3. The van der Waals surface area contributed by atoms with E-state index in [2.05, 4.69) is 52.0 Å². The zero-order chi connectivity index (χ0) is 29.2. The Morgan fingerprint density at radius 3 is 2.37 bits per heavy atom. The summed E-state index contributed by atoms with van der Waals surface area (Å²) in [7, 11) is 0. The van der Waals surface area contributed by atoms with Crippen molar-refractivity contribution >= 4 is 11.8 Å². The van der Waals surface area contributed by atoms with Gasteiger partial charge in [0.25, 0.3) is 0 Å². The smallest absolute Gasteiger partial charge is 0.306 e. The van der Waals surface area contributed by atoms with Crippen molar-refractivity contribution in [1.82, 2.24) is 0 Å². The number of hydrogen-bond acceptors (Lipinski definition) is 3. The van der Waals surface area contributed by atoms with Crippen molar-refractivity contribution < 1.29 is 14.3 Å². The maximum atomic E-state index is 12.9. The number of esters is 1. The number of carbonyl (C=O) groups is 2. The van der Waals surface area contributed by atoms with Crippen molar-refractivity contribution in [2.45, 2.75) is 149 Å². The zero-order valence-corrected chi connectivity index (χ0v) is 26.9. The molecular weight excluding hydrogens is 504 g/mol. The Kier molecular flexibility index (Phi) is 12.4. The topological polar surface area (TPSA) is 43.4 Å². The summed E-state index contributed by atoms with van der Waals surface area (Å²) in [5.41, 5.74) is 1.55. The molecule has 0 spiro atoms. The lowest BCUT2D eigenvalue weighted by atomic mass is 9.47. The minimum Gasteiger partial charge on any atom is -0.462 e. The molecule has 230 valence electrons. The molecule has 3 nitrogen and oxygen atoms in total. The first-order valence-corrected chi connectivity index (χ1v) is 17.6. The first kappa shape index (κ1) is 32.3. The maximum Gasteiger partial charge on any atom is 0.306 e. The Morgan fingerprint density at radius 2 is 1.61 bits per heavy atom. The van der Waals surface area contributed by atoms with Gasteiger partial charge in [0.1, 0.15) is 6.10 Å². The van der Waals surface area contributed by atoms with Crippen LogP contribution in [0.5, 0.6) is 0 Å². The van der Waals surface area contributed by atoms with E-state index in [-0.39, 0.29) is 17.5 Å². The number of unbranched alkanes of at least 4 members (excludes halogenated alkanes) is 8. The zero-order valence-electron chi connectivity index (χ0n) is 26.9. The number of ether oxygens (including phenoxy) is 1. The van der Waals surface area contributed by atoms with E-state index in [1.54, 1.807) is 0 Å². The van der Waals surface area contributed by atoms with Crippen LogP contribution >= 0.6 is 0 Å². The van der Waals surface area contributed by atoms with Crippen LogP contribution in [-0.2, 0) is 14.3 Å². The van der Waals surface area contributed by atoms with Crippen LogP contribution in [0, 0.1) is 40.9 Å². The Morgan fingerprint density at radius 1 is 0.902 bits per heavy atom. The molecule has 4 unspecified atom stereocenters. The Hall–Kier alpha value is -1.64. The monoisotopic (exact) mass is 564 g/mol. The van der Waals surface area contributed by atoms with Crippen molar-refractivity contribution in [1.29, 1.82) is 0 Å². The molecule has 3 heteroatoms. The summed E-state index contributed by atoms with van der Waals surface area (Å²) in [5.74, 6) is 4.24. The summed E-state index contributed by atoms with van der Waals surface area (Å²) in [4.78, 5) is 25.1. The van der Waals surface area contributed by atoms with Crippen LogP contribution in [0.25, 0.3) is 0 Å². The first-order valence-electron chi connectivity index (χ1n) is 17.6. The highest BCUT2D eigenvalue weighted by Crippen LogP contribution is 2.65. The average molecular weight is 565 g/mol. The summed E-state index contributed by atoms with van der Waals surface area (Å²) in [6, 6.07) is 0. The van der Waals surface area contributed by atoms with Crippen LogP contribution in [0.1, 0.15) is 143 Å². The van der Waals surface area contributed by atoms with Gasteiger partial charge >= 0.3 is 5.97 Å². The average Bonchev–Trinajstić information content (AvgIpc) is 3.25. The van der Waals surface area contributed by atoms with Crippen molar-refractivity contribution in [3.8, 4) is 0 Å². The fourth-order valence-electron chi connectivity index (χ4n) is 9.58. The third-order valence-corrected chi connectivity index (χ3v) is 11.5. The number of carbonyl (C=O) groups excluding carboxylic acids is 2. The predicted octanol–water partition coefficient (Wildman–Crippen LogP) is 10.3. The molecule has 3 fully saturated rings. The van der Waals surface area contributed by atoms with Crippen LogP contribution in [0.2, 0.25) is 0 Å². The molecule has 0 aliphatic heterocycles. The molecule has 4 rings (SSSR count). The van der Waals surface area contributed by atoms with Gasteiger partial charge in [0.15, 0.2) is 5.78 Å². The summed E-state index contributed by atoms with van der Waals surface area (Å²) in [5, 5.41) is 0. The lowest BCUT2D eigenvalue weighted by Gasteiger charge is -2.58. The third-order valence-electron chi connectivity index (χ3n) is 11.5. The van der Waals surface area contributed by atoms with Crippen molar-refractivity contribution in [2.75, 3.05) is 0 Å². The van der Waals surface area contributed by atoms with Crippen LogP contribution in [-0.4, -0.2) is 17.9 Å². The molecule has 0 heterocycles. The second kappa shape index (κ2) is 15.7. The van der Waals surface area contributed by atoms with E-state index in [1.165, 1.54) is 63.4 Å². The number of hydrogen-bond donors (Lipinski definition) is 0. The second-order valence-corrected chi connectivity index (χ2v) is 14.5. The highest BCUT2D eigenvalue weighted by Gasteiger charge is 2.60. The second-order valence-electron chi connectivity index (χ2n) is 14.5.